The van der Waals surface area contributed by atoms with E-state index in [-0.39, 0.29) is 51.8 Å². The first-order valence-electron chi connectivity index (χ1n) is 14.0. The van der Waals surface area contributed by atoms with E-state index in [1.54, 1.807) is 30.0 Å². The average Bonchev–Trinajstić information content (AvgIpc) is 3.61. The number of halogens is 2. The van der Waals surface area contributed by atoms with Crippen LogP contribution < -0.4 is 25.4 Å². The lowest BCUT2D eigenvalue weighted by atomic mass is 10.0. The van der Waals surface area contributed by atoms with Gasteiger partial charge >= 0.3 is 0 Å². The molecular formula is C30H29ClFN9O2S. The van der Waals surface area contributed by atoms with E-state index in [1.807, 2.05) is 36.9 Å². The molecule has 11 nitrogen and oxygen atoms in total. The van der Waals surface area contributed by atoms with Gasteiger partial charge < -0.3 is 15.1 Å². The number of fused-ring (bicyclic) bond motifs is 3. The Morgan fingerprint density at radius 2 is 1.95 bits per heavy atom. The number of pyridine rings is 2. The van der Waals surface area contributed by atoms with Crippen LogP contribution in [0.2, 0.25) is 5.15 Å². The lowest BCUT2D eigenvalue weighted by Crippen LogP contribution is -2.49. The van der Waals surface area contributed by atoms with Crippen molar-refractivity contribution >= 4 is 57.8 Å². The molecule has 2 fully saturated rings. The molecule has 2 aliphatic heterocycles. The Kier molecular flexibility index (Phi) is 7.81. The van der Waals surface area contributed by atoms with Crippen LogP contribution in [0.25, 0.3) is 10.9 Å². The van der Waals surface area contributed by atoms with Gasteiger partial charge in [-0.1, -0.05) is 29.6 Å². The molecule has 3 unspecified atom stereocenters. The largest absolute Gasteiger partial charge is 0.377 e. The maximum Gasteiger partial charge on any atom is 0.281 e. The van der Waals surface area contributed by atoms with Crippen molar-refractivity contribution in [1.29, 1.82) is 5.26 Å². The minimum absolute atomic E-state index is 0.00510. The van der Waals surface area contributed by atoms with E-state index in [4.69, 9.17) is 21.8 Å². The highest BCUT2D eigenvalue weighted by molar-refractivity contribution is 7.97. The maximum absolute atomic E-state index is 14.8. The smallest absolute Gasteiger partial charge is 0.281 e. The zero-order valence-electron chi connectivity index (χ0n) is 24.4. The molecular weight excluding hydrogens is 605 g/mol. The second-order valence-electron chi connectivity index (χ2n) is 11.0. The highest BCUT2D eigenvalue weighted by atomic mass is 35.5. The highest BCUT2D eigenvalue weighted by Crippen LogP contribution is 2.37. The fourth-order valence-corrected chi connectivity index (χ4v) is 6.61. The van der Waals surface area contributed by atoms with E-state index in [0.29, 0.717) is 35.6 Å². The summed E-state index contributed by atoms with van der Waals surface area (Å²) in [4.78, 5) is 44.0. The highest BCUT2D eigenvalue weighted by Gasteiger charge is 2.46. The number of rotatable bonds is 7. The first-order valence-corrected chi connectivity index (χ1v) is 15.6. The standard InChI is InChI=1S/C30H29ClFN9O2S/c1-15-7-20(16(2)35-23-5-6-24(31)36-26(23)28(42)38-44-4)25-21(8-15)29(43)39(3)30(37-25)41-14-18-10-19(41)13-40(18)27-22(32)9-17(11-33)12-34-27/h5-9,12,16,18-19,35H,10,13-14H2,1-4H3,(H,38,42). The van der Waals surface area contributed by atoms with Gasteiger partial charge in [-0.3, -0.25) is 18.9 Å². The number of hydrogen-bond acceptors (Lipinski definition) is 10. The molecule has 0 radical (unpaired) electrons. The number of nitrogens with zero attached hydrogens (tertiary/aromatic N) is 7. The summed E-state index contributed by atoms with van der Waals surface area (Å²) in [7, 11) is 1.72. The van der Waals surface area contributed by atoms with Crippen molar-refractivity contribution in [1.82, 2.24) is 24.2 Å². The number of anilines is 3. The van der Waals surface area contributed by atoms with Crippen LogP contribution in [0.4, 0.5) is 21.8 Å². The van der Waals surface area contributed by atoms with Crippen molar-refractivity contribution < 1.29 is 9.18 Å². The Hall–Kier alpha value is -4.41. The maximum atomic E-state index is 14.8. The molecule has 1 aromatic carbocycles. The summed E-state index contributed by atoms with van der Waals surface area (Å²) in [6.07, 6.45) is 3.89. The number of amides is 1. The third-order valence-electron chi connectivity index (χ3n) is 8.16. The summed E-state index contributed by atoms with van der Waals surface area (Å²) in [5.74, 6) is -0.136. The van der Waals surface area contributed by atoms with Gasteiger partial charge in [0.25, 0.3) is 11.5 Å². The van der Waals surface area contributed by atoms with Gasteiger partial charge in [0.2, 0.25) is 5.95 Å². The predicted molar refractivity (Wildman–Crippen MR) is 170 cm³/mol. The summed E-state index contributed by atoms with van der Waals surface area (Å²) in [5, 5.41) is 13.1. The molecule has 14 heteroatoms. The van der Waals surface area contributed by atoms with Gasteiger partial charge in [-0.2, -0.15) is 5.26 Å². The molecule has 2 saturated heterocycles. The Morgan fingerprint density at radius 3 is 2.64 bits per heavy atom. The van der Waals surface area contributed by atoms with Crippen LogP contribution in [-0.2, 0) is 7.05 Å². The molecule has 4 aromatic rings. The van der Waals surface area contributed by atoms with Crippen LogP contribution >= 0.6 is 23.5 Å². The van der Waals surface area contributed by atoms with E-state index in [2.05, 4.69) is 24.9 Å². The number of piperazine rings is 1. The van der Waals surface area contributed by atoms with E-state index >= 15 is 0 Å². The topological polar surface area (TPSA) is 132 Å². The van der Waals surface area contributed by atoms with Gasteiger partial charge in [0.1, 0.15) is 11.2 Å². The van der Waals surface area contributed by atoms with Crippen LogP contribution in [0.15, 0.2) is 41.3 Å². The quantitative estimate of drug-likeness (QED) is 0.224. The van der Waals surface area contributed by atoms with E-state index in [1.165, 1.54) is 12.3 Å². The molecule has 5 heterocycles. The van der Waals surface area contributed by atoms with Crippen molar-refractivity contribution in [2.75, 3.05) is 34.5 Å². The minimum atomic E-state index is -0.522. The summed E-state index contributed by atoms with van der Waals surface area (Å²) in [6, 6.07) is 9.87. The Labute approximate surface area is 262 Å². The molecule has 0 aliphatic carbocycles. The van der Waals surface area contributed by atoms with Gasteiger partial charge in [0.15, 0.2) is 17.3 Å². The molecule has 0 spiro atoms. The first-order chi connectivity index (χ1) is 21.1. The second kappa shape index (κ2) is 11.6. The Morgan fingerprint density at radius 1 is 1.20 bits per heavy atom. The lowest BCUT2D eigenvalue weighted by Gasteiger charge is -2.36. The SMILES string of the molecule is CSNC(=O)c1nc(Cl)ccc1NC(C)c1cc(C)cc2c(=O)n(C)c(N3CC4CC3CN4c3ncc(C#N)cc3F)nc12. The third-order valence-corrected chi connectivity index (χ3v) is 8.76. The molecule has 44 heavy (non-hydrogen) atoms. The van der Waals surface area contributed by atoms with Crippen LogP contribution in [0.5, 0.6) is 0 Å². The van der Waals surface area contributed by atoms with Gasteiger partial charge in [0, 0.05) is 38.2 Å². The molecule has 6 rings (SSSR count). The molecule has 0 saturated carbocycles. The van der Waals surface area contributed by atoms with E-state index in [9.17, 15) is 14.0 Å². The molecule has 226 valence electrons. The zero-order valence-corrected chi connectivity index (χ0v) is 26.0. The number of aromatic nitrogens is 4. The van der Waals surface area contributed by atoms with E-state index in [0.717, 1.165) is 29.5 Å². The van der Waals surface area contributed by atoms with Gasteiger partial charge in [0.05, 0.1) is 40.3 Å². The summed E-state index contributed by atoms with van der Waals surface area (Å²) >= 11 is 7.26. The normalized spacial score (nSPS) is 18.0. The van der Waals surface area contributed by atoms with Crippen LogP contribution in [0, 0.1) is 24.1 Å². The van der Waals surface area contributed by atoms with E-state index < -0.39 is 5.82 Å². The fourth-order valence-electron chi connectivity index (χ4n) is 6.18. The summed E-state index contributed by atoms with van der Waals surface area (Å²) < 4.78 is 19.0. The molecule has 2 bridgehead atoms. The molecule has 1 amide bonds. The minimum Gasteiger partial charge on any atom is -0.377 e. The van der Waals surface area contributed by atoms with Gasteiger partial charge in [-0.25, -0.2) is 19.3 Å². The van der Waals surface area contributed by atoms with Crippen molar-refractivity contribution in [3.05, 3.63) is 80.2 Å². The first kappa shape index (κ1) is 29.7. The summed E-state index contributed by atoms with van der Waals surface area (Å²) in [5.41, 5.74) is 2.91. The summed E-state index contributed by atoms with van der Waals surface area (Å²) in [6.45, 7) is 4.91. The molecule has 2 N–H and O–H groups in total. The third kappa shape index (κ3) is 5.18. The molecule has 2 aliphatic rings. The number of nitrogens with one attached hydrogen (secondary N) is 2. The number of aryl methyl sites for hydroxylation is 1. The number of benzene rings is 1. The van der Waals surface area contributed by atoms with Crippen molar-refractivity contribution in [2.24, 2.45) is 7.05 Å². The monoisotopic (exact) mass is 633 g/mol. The van der Waals surface area contributed by atoms with Crippen molar-refractivity contribution in [3.63, 3.8) is 0 Å². The van der Waals surface area contributed by atoms with Crippen molar-refractivity contribution in [2.45, 2.75) is 38.4 Å². The Bertz CT molecular complexity index is 1910. The zero-order chi connectivity index (χ0) is 31.3. The number of nitriles is 1. The van der Waals surface area contributed by atoms with Crippen molar-refractivity contribution in [3.8, 4) is 6.07 Å². The number of carbonyl (C=O) groups excluding carboxylic acids is 1. The van der Waals surface area contributed by atoms with Gasteiger partial charge in [-0.15, -0.1) is 0 Å². The Balaban J connectivity index is 1.34. The average molecular weight is 634 g/mol. The molecule has 3 atom stereocenters. The second-order valence-corrected chi connectivity index (χ2v) is 12.0. The lowest BCUT2D eigenvalue weighted by molar-refractivity contribution is 0.0980. The predicted octanol–water partition coefficient (Wildman–Crippen LogP) is 4.34. The number of hydrogen-bond donors (Lipinski definition) is 2. The van der Waals surface area contributed by atoms with Gasteiger partial charge in [-0.05, 0) is 50.1 Å². The molecule has 3 aromatic heterocycles. The number of carbonyl (C=O) groups is 1. The van der Waals surface area contributed by atoms with Crippen LogP contribution in [0.1, 0.15) is 46.6 Å². The van der Waals surface area contributed by atoms with Crippen LogP contribution in [0.3, 0.4) is 0 Å². The fraction of sp³-hybridized carbons (Fsp3) is 0.333. The van der Waals surface area contributed by atoms with Crippen LogP contribution in [-0.4, -0.2) is 56.9 Å².